The molecule has 2 rings (SSSR count). The molecule has 0 aromatic carbocycles. The first-order chi connectivity index (χ1) is 7.68. The minimum absolute atomic E-state index is 0.213. The van der Waals surface area contributed by atoms with Gasteiger partial charge in [0, 0.05) is 18.1 Å². The summed E-state index contributed by atoms with van der Waals surface area (Å²) in [5, 5.41) is 2.78. The molecule has 2 aromatic rings. The summed E-state index contributed by atoms with van der Waals surface area (Å²) >= 11 is 3.16. The molecule has 0 aliphatic heterocycles. The SMILES string of the molecule is Cc1cnccc1NC(=O)c1ccoc1Br. The van der Waals surface area contributed by atoms with Crippen LogP contribution in [0.25, 0.3) is 0 Å². The first kappa shape index (κ1) is 10.9. The van der Waals surface area contributed by atoms with Gasteiger partial charge in [-0.3, -0.25) is 9.78 Å². The lowest BCUT2D eigenvalue weighted by atomic mass is 10.2. The number of carbonyl (C=O) groups is 1. The van der Waals surface area contributed by atoms with Gasteiger partial charge in [0.1, 0.15) is 0 Å². The summed E-state index contributed by atoms with van der Waals surface area (Å²) in [7, 11) is 0. The summed E-state index contributed by atoms with van der Waals surface area (Å²) in [6, 6.07) is 3.36. The number of rotatable bonds is 2. The molecule has 0 aliphatic rings. The fraction of sp³-hybridized carbons (Fsp3) is 0.0909. The standard InChI is InChI=1S/C11H9BrN2O2/c1-7-6-13-4-2-9(7)14-11(15)8-3-5-16-10(8)12/h2-6H,1H3,(H,13,14,15). The molecule has 0 spiro atoms. The molecule has 4 nitrogen and oxygen atoms in total. The van der Waals surface area contributed by atoms with Gasteiger partial charge in [0.05, 0.1) is 11.8 Å². The largest absolute Gasteiger partial charge is 0.457 e. The zero-order chi connectivity index (χ0) is 11.5. The van der Waals surface area contributed by atoms with E-state index in [0.717, 1.165) is 11.3 Å². The topological polar surface area (TPSA) is 55.1 Å². The van der Waals surface area contributed by atoms with Crippen molar-refractivity contribution in [2.45, 2.75) is 6.92 Å². The summed E-state index contributed by atoms with van der Waals surface area (Å²) in [5.41, 5.74) is 2.12. The van der Waals surface area contributed by atoms with Crippen molar-refractivity contribution < 1.29 is 9.21 Å². The van der Waals surface area contributed by atoms with Crippen LogP contribution in [0.15, 0.2) is 39.9 Å². The second-order valence-electron chi connectivity index (χ2n) is 3.25. The summed E-state index contributed by atoms with van der Waals surface area (Å²) in [6.45, 7) is 1.88. The van der Waals surface area contributed by atoms with Crippen LogP contribution >= 0.6 is 15.9 Å². The second kappa shape index (κ2) is 4.49. The van der Waals surface area contributed by atoms with E-state index in [9.17, 15) is 4.79 Å². The number of halogens is 1. The number of pyridine rings is 1. The monoisotopic (exact) mass is 280 g/mol. The molecular formula is C11H9BrN2O2. The lowest BCUT2D eigenvalue weighted by Crippen LogP contribution is -2.12. The van der Waals surface area contributed by atoms with E-state index in [-0.39, 0.29) is 5.91 Å². The van der Waals surface area contributed by atoms with Gasteiger partial charge in [0.2, 0.25) is 0 Å². The molecule has 5 heteroatoms. The Morgan fingerprint density at radius 2 is 2.31 bits per heavy atom. The normalized spacial score (nSPS) is 10.1. The Morgan fingerprint density at radius 1 is 1.50 bits per heavy atom. The molecule has 82 valence electrons. The van der Waals surface area contributed by atoms with E-state index in [1.807, 2.05) is 6.92 Å². The zero-order valence-electron chi connectivity index (χ0n) is 8.53. The molecule has 0 radical (unpaired) electrons. The molecule has 1 N–H and O–H groups in total. The van der Waals surface area contributed by atoms with Gasteiger partial charge in [-0.25, -0.2) is 0 Å². The molecule has 2 heterocycles. The molecule has 16 heavy (non-hydrogen) atoms. The number of furan rings is 1. The van der Waals surface area contributed by atoms with Crippen molar-refractivity contribution in [1.82, 2.24) is 4.98 Å². The maximum atomic E-state index is 11.8. The highest BCUT2D eigenvalue weighted by Crippen LogP contribution is 2.20. The fourth-order valence-electron chi connectivity index (χ4n) is 1.26. The number of nitrogens with one attached hydrogen (secondary N) is 1. The third-order valence-electron chi connectivity index (χ3n) is 2.13. The summed E-state index contributed by atoms with van der Waals surface area (Å²) in [4.78, 5) is 15.8. The molecule has 1 amide bonds. The predicted octanol–water partition coefficient (Wildman–Crippen LogP) is 3.00. The minimum Gasteiger partial charge on any atom is -0.457 e. The molecule has 0 bridgehead atoms. The van der Waals surface area contributed by atoms with Gasteiger partial charge in [-0.15, -0.1) is 0 Å². The van der Waals surface area contributed by atoms with E-state index >= 15 is 0 Å². The number of nitrogens with zero attached hydrogens (tertiary/aromatic N) is 1. The van der Waals surface area contributed by atoms with Gasteiger partial charge in [-0.1, -0.05) is 0 Å². The fourth-order valence-corrected chi connectivity index (χ4v) is 1.68. The smallest absolute Gasteiger partial charge is 0.260 e. The number of aryl methyl sites for hydroxylation is 1. The van der Waals surface area contributed by atoms with Crippen molar-refractivity contribution in [3.8, 4) is 0 Å². The van der Waals surface area contributed by atoms with Crippen LogP contribution in [-0.4, -0.2) is 10.9 Å². The van der Waals surface area contributed by atoms with Crippen LogP contribution in [0.5, 0.6) is 0 Å². The van der Waals surface area contributed by atoms with Crippen molar-refractivity contribution in [3.63, 3.8) is 0 Å². The summed E-state index contributed by atoms with van der Waals surface area (Å²) < 4.78 is 5.42. The second-order valence-corrected chi connectivity index (χ2v) is 3.97. The van der Waals surface area contributed by atoms with E-state index in [1.54, 1.807) is 24.5 Å². The predicted molar refractivity (Wildman–Crippen MR) is 63.3 cm³/mol. The number of anilines is 1. The van der Waals surface area contributed by atoms with Gasteiger partial charge in [-0.2, -0.15) is 0 Å². The van der Waals surface area contributed by atoms with Crippen LogP contribution in [0.2, 0.25) is 0 Å². The van der Waals surface area contributed by atoms with Gasteiger partial charge in [0.15, 0.2) is 4.67 Å². The third-order valence-corrected chi connectivity index (χ3v) is 2.75. The summed E-state index contributed by atoms with van der Waals surface area (Å²) in [6.07, 6.45) is 4.78. The highest BCUT2D eigenvalue weighted by molar-refractivity contribution is 9.10. The van der Waals surface area contributed by atoms with Crippen molar-refractivity contribution in [3.05, 3.63) is 46.6 Å². The van der Waals surface area contributed by atoms with E-state index < -0.39 is 0 Å². The number of hydrogen-bond donors (Lipinski definition) is 1. The maximum Gasteiger partial charge on any atom is 0.260 e. The zero-order valence-corrected chi connectivity index (χ0v) is 10.1. The quantitative estimate of drug-likeness (QED) is 0.920. The van der Waals surface area contributed by atoms with Crippen molar-refractivity contribution >= 4 is 27.5 Å². The molecule has 0 atom stereocenters. The molecule has 0 fully saturated rings. The number of amides is 1. The van der Waals surface area contributed by atoms with E-state index in [0.29, 0.717) is 10.2 Å². The Bertz CT molecular complexity index is 522. The Balaban J connectivity index is 2.21. The van der Waals surface area contributed by atoms with E-state index in [1.165, 1.54) is 6.26 Å². The lowest BCUT2D eigenvalue weighted by Gasteiger charge is -2.06. The molecular weight excluding hydrogens is 272 g/mol. The van der Waals surface area contributed by atoms with Gasteiger partial charge in [0.25, 0.3) is 5.91 Å². The maximum absolute atomic E-state index is 11.8. The first-order valence-electron chi connectivity index (χ1n) is 4.63. The average molecular weight is 281 g/mol. The first-order valence-corrected chi connectivity index (χ1v) is 5.43. The molecule has 0 unspecified atom stereocenters. The molecule has 2 aromatic heterocycles. The van der Waals surface area contributed by atoms with Crippen LogP contribution < -0.4 is 5.32 Å². The number of hydrogen-bond acceptors (Lipinski definition) is 3. The minimum atomic E-state index is -0.213. The third kappa shape index (κ3) is 2.14. The van der Waals surface area contributed by atoms with Crippen molar-refractivity contribution in [2.75, 3.05) is 5.32 Å². The summed E-state index contributed by atoms with van der Waals surface area (Å²) in [5.74, 6) is -0.213. The van der Waals surface area contributed by atoms with E-state index in [4.69, 9.17) is 4.42 Å². The molecule has 0 saturated carbocycles. The molecule has 0 saturated heterocycles. The highest BCUT2D eigenvalue weighted by atomic mass is 79.9. The van der Waals surface area contributed by atoms with Gasteiger partial charge < -0.3 is 9.73 Å². The Morgan fingerprint density at radius 3 is 2.94 bits per heavy atom. The van der Waals surface area contributed by atoms with Crippen LogP contribution in [0.1, 0.15) is 15.9 Å². The van der Waals surface area contributed by atoms with Crippen LogP contribution in [0.4, 0.5) is 5.69 Å². The van der Waals surface area contributed by atoms with Gasteiger partial charge >= 0.3 is 0 Å². The average Bonchev–Trinajstić information content (AvgIpc) is 2.68. The Labute approximate surface area is 101 Å². The Kier molecular flexibility index (Phi) is 3.05. The molecule has 0 aliphatic carbocycles. The van der Waals surface area contributed by atoms with Crippen molar-refractivity contribution in [1.29, 1.82) is 0 Å². The van der Waals surface area contributed by atoms with Crippen LogP contribution in [0, 0.1) is 6.92 Å². The highest BCUT2D eigenvalue weighted by Gasteiger charge is 2.13. The van der Waals surface area contributed by atoms with Crippen LogP contribution in [-0.2, 0) is 0 Å². The lowest BCUT2D eigenvalue weighted by molar-refractivity contribution is 0.102. The van der Waals surface area contributed by atoms with Crippen molar-refractivity contribution in [2.24, 2.45) is 0 Å². The van der Waals surface area contributed by atoms with Gasteiger partial charge in [-0.05, 0) is 40.5 Å². The van der Waals surface area contributed by atoms with E-state index in [2.05, 4.69) is 26.2 Å². The van der Waals surface area contributed by atoms with Crippen LogP contribution in [0.3, 0.4) is 0 Å². The number of aromatic nitrogens is 1. The Hall–Kier alpha value is -1.62. The number of carbonyl (C=O) groups excluding carboxylic acids is 1.